The van der Waals surface area contributed by atoms with Gasteiger partial charge < -0.3 is 20.1 Å². The van der Waals surface area contributed by atoms with Gasteiger partial charge in [0, 0.05) is 23.5 Å². The average Bonchev–Trinajstić information content (AvgIpc) is 2.74. The summed E-state index contributed by atoms with van der Waals surface area (Å²) < 4.78 is 10.6. The summed E-state index contributed by atoms with van der Waals surface area (Å²) in [6.07, 6.45) is 0. The van der Waals surface area contributed by atoms with Crippen LogP contribution in [0.25, 0.3) is 11.0 Å². The van der Waals surface area contributed by atoms with Crippen molar-refractivity contribution in [3.8, 4) is 11.5 Å². The molecule has 2 N–H and O–H groups in total. The first-order chi connectivity index (χ1) is 13.7. The van der Waals surface area contributed by atoms with Crippen LogP contribution in [0.15, 0.2) is 72.8 Å². The molecule has 0 fully saturated rings. The SMILES string of the molecule is COc1cccc(Nc2nc3ccccc3nc2Nc2cccc(OC)c2)c1. The molecular formula is C22H20N4O2. The lowest BCUT2D eigenvalue weighted by molar-refractivity contribution is 0.415. The van der Waals surface area contributed by atoms with Crippen molar-refractivity contribution < 1.29 is 9.47 Å². The van der Waals surface area contributed by atoms with E-state index in [4.69, 9.17) is 19.4 Å². The molecular weight excluding hydrogens is 352 g/mol. The normalized spacial score (nSPS) is 10.5. The van der Waals surface area contributed by atoms with Gasteiger partial charge in [-0.05, 0) is 36.4 Å². The van der Waals surface area contributed by atoms with Crippen molar-refractivity contribution in [2.45, 2.75) is 0 Å². The Morgan fingerprint density at radius 3 is 1.50 bits per heavy atom. The van der Waals surface area contributed by atoms with Gasteiger partial charge in [0.1, 0.15) is 11.5 Å². The van der Waals surface area contributed by atoms with Crippen LogP contribution in [0.4, 0.5) is 23.0 Å². The van der Waals surface area contributed by atoms with Gasteiger partial charge in [0.25, 0.3) is 0 Å². The number of hydrogen-bond acceptors (Lipinski definition) is 6. The predicted octanol–water partition coefficient (Wildman–Crippen LogP) is 5.13. The quantitative estimate of drug-likeness (QED) is 0.489. The van der Waals surface area contributed by atoms with Gasteiger partial charge >= 0.3 is 0 Å². The molecule has 0 amide bonds. The molecule has 6 heteroatoms. The second-order valence-electron chi connectivity index (χ2n) is 6.12. The summed E-state index contributed by atoms with van der Waals surface area (Å²) in [7, 11) is 3.29. The summed E-state index contributed by atoms with van der Waals surface area (Å²) >= 11 is 0. The Balaban J connectivity index is 1.75. The molecule has 6 nitrogen and oxygen atoms in total. The van der Waals surface area contributed by atoms with Crippen LogP contribution >= 0.6 is 0 Å². The number of methoxy groups -OCH3 is 2. The topological polar surface area (TPSA) is 68.3 Å². The van der Waals surface area contributed by atoms with Gasteiger partial charge in [0.2, 0.25) is 0 Å². The number of anilines is 4. The molecule has 1 heterocycles. The number of fused-ring (bicyclic) bond motifs is 1. The summed E-state index contributed by atoms with van der Waals surface area (Å²) in [5, 5.41) is 6.68. The summed E-state index contributed by atoms with van der Waals surface area (Å²) in [6.45, 7) is 0. The lowest BCUT2D eigenvalue weighted by Gasteiger charge is -2.14. The van der Waals surface area contributed by atoms with Crippen LogP contribution in [0.2, 0.25) is 0 Å². The van der Waals surface area contributed by atoms with E-state index in [1.807, 2.05) is 72.8 Å². The molecule has 0 saturated heterocycles. The largest absolute Gasteiger partial charge is 0.497 e. The molecule has 28 heavy (non-hydrogen) atoms. The van der Waals surface area contributed by atoms with Gasteiger partial charge in [0.05, 0.1) is 25.3 Å². The Morgan fingerprint density at radius 1 is 0.607 bits per heavy atom. The van der Waals surface area contributed by atoms with E-state index < -0.39 is 0 Å². The van der Waals surface area contributed by atoms with Crippen molar-refractivity contribution in [1.82, 2.24) is 9.97 Å². The fraction of sp³-hybridized carbons (Fsp3) is 0.0909. The van der Waals surface area contributed by atoms with E-state index in [1.54, 1.807) is 14.2 Å². The minimum absolute atomic E-state index is 0.620. The number of nitrogens with one attached hydrogen (secondary N) is 2. The Labute approximate surface area is 163 Å². The lowest BCUT2D eigenvalue weighted by atomic mass is 10.2. The third-order valence-corrected chi connectivity index (χ3v) is 4.24. The molecule has 0 spiro atoms. The lowest BCUT2D eigenvalue weighted by Crippen LogP contribution is -2.03. The Bertz CT molecular complexity index is 1030. The van der Waals surface area contributed by atoms with Crippen LogP contribution in [0.5, 0.6) is 11.5 Å². The second kappa shape index (κ2) is 7.84. The zero-order chi connectivity index (χ0) is 19.3. The van der Waals surface area contributed by atoms with Gasteiger partial charge in [0.15, 0.2) is 11.6 Å². The second-order valence-corrected chi connectivity index (χ2v) is 6.12. The molecule has 4 aromatic rings. The third-order valence-electron chi connectivity index (χ3n) is 4.24. The molecule has 3 aromatic carbocycles. The van der Waals surface area contributed by atoms with E-state index in [1.165, 1.54) is 0 Å². The van der Waals surface area contributed by atoms with Gasteiger partial charge in [-0.1, -0.05) is 24.3 Å². The van der Waals surface area contributed by atoms with Gasteiger partial charge in [-0.3, -0.25) is 0 Å². The van der Waals surface area contributed by atoms with Gasteiger partial charge in [-0.25, -0.2) is 9.97 Å². The first kappa shape index (κ1) is 17.6. The summed E-state index contributed by atoms with van der Waals surface area (Å²) in [5.41, 5.74) is 3.34. The smallest absolute Gasteiger partial charge is 0.174 e. The monoisotopic (exact) mass is 372 g/mol. The van der Waals surface area contributed by atoms with Crippen LogP contribution in [0.3, 0.4) is 0 Å². The maximum atomic E-state index is 5.31. The maximum absolute atomic E-state index is 5.31. The predicted molar refractivity (Wildman–Crippen MR) is 112 cm³/mol. The molecule has 140 valence electrons. The van der Waals surface area contributed by atoms with E-state index >= 15 is 0 Å². The first-order valence-electron chi connectivity index (χ1n) is 8.84. The molecule has 0 unspecified atom stereocenters. The zero-order valence-electron chi connectivity index (χ0n) is 15.6. The fourth-order valence-corrected chi connectivity index (χ4v) is 2.85. The minimum atomic E-state index is 0.620. The van der Waals surface area contributed by atoms with Gasteiger partial charge in [-0.2, -0.15) is 0 Å². The summed E-state index contributed by atoms with van der Waals surface area (Å²) in [6, 6.07) is 23.1. The van der Waals surface area contributed by atoms with E-state index in [0.717, 1.165) is 33.9 Å². The van der Waals surface area contributed by atoms with Crippen LogP contribution < -0.4 is 20.1 Å². The van der Waals surface area contributed by atoms with E-state index in [9.17, 15) is 0 Å². The minimum Gasteiger partial charge on any atom is -0.497 e. The molecule has 1 aromatic heterocycles. The van der Waals surface area contributed by atoms with Crippen molar-refractivity contribution in [3.63, 3.8) is 0 Å². The molecule has 0 saturated carbocycles. The van der Waals surface area contributed by atoms with Gasteiger partial charge in [-0.15, -0.1) is 0 Å². The number of para-hydroxylation sites is 2. The van der Waals surface area contributed by atoms with Crippen molar-refractivity contribution in [3.05, 3.63) is 72.8 Å². The van der Waals surface area contributed by atoms with E-state index in [2.05, 4.69) is 10.6 Å². The third kappa shape index (κ3) is 3.81. The van der Waals surface area contributed by atoms with Crippen LogP contribution in [-0.4, -0.2) is 24.2 Å². The summed E-state index contributed by atoms with van der Waals surface area (Å²) in [4.78, 5) is 9.51. The number of aromatic nitrogens is 2. The molecule has 4 rings (SSSR count). The molecule has 0 aliphatic rings. The maximum Gasteiger partial charge on any atom is 0.174 e. The molecule has 0 atom stereocenters. The van der Waals surface area contributed by atoms with Crippen LogP contribution in [0.1, 0.15) is 0 Å². The molecule has 0 aliphatic carbocycles. The molecule has 0 radical (unpaired) electrons. The number of hydrogen-bond donors (Lipinski definition) is 2. The highest BCUT2D eigenvalue weighted by Gasteiger charge is 2.11. The highest BCUT2D eigenvalue weighted by atomic mass is 16.5. The zero-order valence-corrected chi connectivity index (χ0v) is 15.6. The van der Waals surface area contributed by atoms with E-state index in [-0.39, 0.29) is 0 Å². The van der Waals surface area contributed by atoms with Crippen molar-refractivity contribution in [2.24, 2.45) is 0 Å². The average molecular weight is 372 g/mol. The Hall–Kier alpha value is -3.80. The number of rotatable bonds is 6. The van der Waals surface area contributed by atoms with Crippen molar-refractivity contribution in [1.29, 1.82) is 0 Å². The van der Waals surface area contributed by atoms with Crippen molar-refractivity contribution in [2.75, 3.05) is 24.9 Å². The number of ether oxygens (including phenoxy) is 2. The first-order valence-corrected chi connectivity index (χ1v) is 8.84. The Morgan fingerprint density at radius 2 is 1.07 bits per heavy atom. The van der Waals surface area contributed by atoms with E-state index in [0.29, 0.717) is 11.6 Å². The Kier molecular flexibility index (Phi) is 4.93. The fourth-order valence-electron chi connectivity index (χ4n) is 2.85. The highest BCUT2D eigenvalue weighted by molar-refractivity contribution is 5.83. The molecule has 0 aliphatic heterocycles. The summed E-state index contributed by atoms with van der Waals surface area (Å²) in [5.74, 6) is 2.77. The van der Waals surface area contributed by atoms with Crippen LogP contribution in [-0.2, 0) is 0 Å². The number of nitrogens with zero attached hydrogens (tertiary/aromatic N) is 2. The standard InChI is InChI=1S/C22H20N4O2/c1-27-17-9-5-7-15(13-17)23-21-22(24-16-8-6-10-18(14-16)28-2)26-20-12-4-3-11-19(20)25-21/h3-14H,1-2H3,(H,23,25)(H,24,26). The van der Waals surface area contributed by atoms with Crippen LogP contribution in [0, 0.1) is 0 Å². The number of benzene rings is 3. The molecule has 0 bridgehead atoms. The van der Waals surface area contributed by atoms with Crippen molar-refractivity contribution >= 4 is 34.0 Å². The highest BCUT2D eigenvalue weighted by Crippen LogP contribution is 2.29.